The number of nitrogens with zero attached hydrogens (tertiary/aromatic N) is 2. The first-order valence-corrected chi connectivity index (χ1v) is 8.73. The van der Waals surface area contributed by atoms with Crippen LogP contribution in [0.2, 0.25) is 0 Å². The second-order valence-corrected chi connectivity index (χ2v) is 6.72. The predicted molar refractivity (Wildman–Crippen MR) is 90.5 cm³/mol. The van der Waals surface area contributed by atoms with Gasteiger partial charge in [-0.1, -0.05) is 6.07 Å². The van der Waals surface area contributed by atoms with Crippen LogP contribution in [0.3, 0.4) is 0 Å². The minimum absolute atomic E-state index is 0.0351. The molecule has 2 aliphatic rings. The molecule has 25 heavy (non-hydrogen) atoms. The Hall–Kier alpha value is -2.34. The third kappa shape index (κ3) is 3.26. The van der Waals surface area contributed by atoms with Gasteiger partial charge in [-0.15, -0.1) is 0 Å². The van der Waals surface area contributed by atoms with Crippen LogP contribution in [-0.2, 0) is 4.74 Å². The molecule has 0 unspecified atom stereocenters. The zero-order chi connectivity index (χ0) is 17.2. The van der Waals surface area contributed by atoms with E-state index in [0.29, 0.717) is 37.3 Å². The summed E-state index contributed by atoms with van der Waals surface area (Å²) in [5, 5.41) is 0. The number of pyridine rings is 1. The molecule has 1 saturated carbocycles. The quantitative estimate of drug-likeness (QED) is 0.855. The largest absolute Gasteiger partial charge is 0.477 e. The number of carbonyl (C=O) groups excluding carboxylic acids is 1. The monoisotopic (exact) mass is 342 g/mol. The Labute approximate surface area is 146 Å². The highest BCUT2D eigenvalue weighted by Gasteiger charge is 2.43. The number of morpholine rings is 1. The molecule has 6 nitrogen and oxygen atoms in total. The van der Waals surface area contributed by atoms with Gasteiger partial charge in [0.1, 0.15) is 0 Å². The van der Waals surface area contributed by atoms with Crippen LogP contribution < -0.4 is 4.74 Å². The molecule has 3 heterocycles. The lowest BCUT2D eigenvalue weighted by atomic mass is 10.1. The molecule has 1 amide bonds. The van der Waals surface area contributed by atoms with Crippen LogP contribution in [0.4, 0.5) is 0 Å². The van der Waals surface area contributed by atoms with E-state index < -0.39 is 0 Å². The van der Waals surface area contributed by atoms with E-state index in [9.17, 15) is 4.79 Å². The van der Waals surface area contributed by atoms with Crippen molar-refractivity contribution in [2.75, 3.05) is 19.8 Å². The van der Waals surface area contributed by atoms with Gasteiger partial charge in [-0.3, -0.25) is 4.79 Å². The minimum Gasteiger partial charge on any atom is -0.477 e. The van der Waals surface area contributed by atoms with Crippen molar-refractivity contribution in [2.24, 2.45) is 5.92 Å². The molecule has 2 aromatic heterocycles. The molecule has 0 N–H and O–H groups in total. The Bertz CT molecular complexity index is 730. The second-order valence-electron chi connectivity index (χ2n) is 6.72. The fourth-order valence-corrected chi connectivity index (χ4v) is 3.80. The summed E-state index contributed by atoms with van der Waals surface area (Å²) < 4.78 is 17.1. The Morgan fingerprint density at radius 1 is 1.36 bits per heavy atom. The van der Waals surface area contributed by atoms with E-state index in [-0.39, 0.29) is 18.1 Å². The van der Waals surface area contributed by atoms with Crippen LogP contribution in [-0.4, -0.2) is 47.7 Å². The van der Waals surface area contributed by atoms with Crippen molar-refractivity contribution in [3.05, 3.63) is 48.0 Å². The first-order valence-electron chi connectivity index (χ1n) is 8.73. The lowest BCUT2D eigenvalue weighted by Gasteiger charge is -2.37. The summed E-state index contributed by atoms with van der Waals surface area (Å²) in [6, 6.07) is 7.54. The Balaban J connectivity index is 1.42. The van der Waals surface area contributed by atoms with Crippen molar-refractivity contribution in [1.82, 2.24) is 9.88 Å². The maximum absolute atomic E-state index is 12.8. The van der Waals surface area contributed by atoms with Crippen LogP contribution in [0.5, 0.6) is 5.88 Å². The number of hydrogen-bond donors (Lipinski definition) is 0. The number of amides is 1. The number of ether oxygens (including phenoxy) is 2. The van der Waals surface area contributed by atoms with Gasteiger partial charge in [0.25, 0.3) is 5.91 Å². The van der Waals surface area contributed by atoms with Crippen LogP contribution >= 0.6 is 0 Å². The summed E-state index contributed by atoms with van der Waals surface area (Å²) in [6.45, 7) is 3.66. The van der Waals surface area contributed by atoms with Gasteiger partial charge in [0.2, 0.25) is 5.88 Å². The summed E-state index contributed by atoms with van der Waals surface area (Å²) in [5.41, 5.74) is 0.876. The lowest BCUT2D eigenvalue weighted by molar-refractivity contribution is -0.0457. The Kier molecular flexibility index (Phi) is 4.44. The van der Waals surface area contributed by atoms with Crippen LogP contribution in [0, 0.1) is 12.8 Å². The average Bonchev–Trinajstić information content (AvgIpc) is 3.25. The van der Waals surface area contributed by atoms with Crippen LogP contribution in [0.1, 0.15) is 29.0 Å². The topological polar surface area (TPSA) is 64.8 Å². The van der Waals surface area contributed by atoms with E-state index in [4.69, 9.17) is 13.9 Å². The molecule has 6 heteroatoms. The molecule has 0 aromatic carbocycles. The molecule has 0 radical (unpaired) electrons. The van der Waals surface area contributed by atoms with Crippen molar-refractivity contribution in [3.63, 3.8) is 0 Å². The normalized spacial score (nSPS) is 25.6. The van der Waals surface area contributed by atoms with E-state index in [1.165, 1.54) is 0 Å². The molecule has 0 spiro atoms. The van der Waals surface area contributed by atoms with Gasteiger partial charge in [-0.2, -0.15) is 0 Å². The molecule has 4 rings (SSSR count). The van der Waals surface area contributed by atoms with Crippen LogP contribution in [0.25, 0.3) is 0 Å². The van der Waals surface area contributed by atoms with Crippen molar-refractivity contribution < 1.29 is 18.7 Å². The number of furan rings is 1. The maximum Gasteiger partial charge on any atom is 0.290 e. The molecule has 1 saturated heterocycles. The molecule has 3 atom stereocenters. The zero-order valence-electron chi connectivity index (χ0n) is 14.3. The number of rotatable bonds is 4. The fraction of sp³-hybridized carbons (Fsp3) is 0.474. The highest BCUT2D eigenvalue weighted by molar-refractivity contribution is 5.93. The standard InChI is InChI=1S/C19H22N2O4/c1-13-5-8-24-18(13)19(22)21-7-9-23-16-11-14(10-15(16)21)12-25-17-4-2-3-6-20-17/h2-6,8,14-16H,7,9-12H2,1H3/t14-,15-,16+/m0/s1. The summed E-state index contributed by atoms with van der Waals surface area (Å²) in [5.74, 6) is 1.39. The zero-order valence-corrected chi connectivity index (χ0v) is 14.3. The SMILES string of the molecule is Cc1ccoc1C(=O)N1CCO[C@@H]2C[C@@H](COc3ccccn3)C[C@@H]21. The third-order valence-electron chi connectivity index (χ3n) is 5.06. The number of aryl methyl sites for hydroxylation is 1. The molecule has 1 aliphatic carbocycles. The molecule has 0 bridgehead atoms. The van der Waals surface area contributed by atoms with Crippen LogP contribution in [0.15, 0.2) is 41.1 Å². The summed E-state index contributed by atoms with van der Waals surface area (Å²) in [7, 11) is 0. The molecule has 2 fully saturated rings. The van der Waals surface area contributed by atoms with Gasteiger partial charge < -0.3 is 18.8 Å². The predicted octanol–water partition coefficient (Wildman–Crippen LogP) is 2.68. The molecular weight excluding hydrogens is 320 g/mol. The van der Waals surface area contributed by atoms with Gasteiger partial charge in [0.15, 0.2) is 5.76 Å². The minimum atomic E-state index is -0.0351. The first-order chi connectivity index (χ1) is 12.2. The molecule has 2 aromatic rings. The first kappa shape index (κ1) is 16.1. The highest BCUT2D eigenvalue weighted by atomic mass is 16.5. The van der Waals surface area contributed by atoms with Crippen molar-refractivity contribution >= 4 is 5.91 Å². The Morgan fingerprint density at radius 2 is 2.28 bits per heavy atom. The van der Waals surface area contributed by atoms with Crippen molar-refractivity contribution in [2.45, 2.75) is 31.9 Å². The summed E-state index contributed by atoms with van der Waals surface area (Å²) in [4.78, 5) is 18.9. The van der Waals surface area contributed by atoms with E-state index in [0.717, 1.165) is 18.4 Å². The molecule has 1 aliphatic heterocycles. The number of hydrogen-bond acceptors (Lipinski definition) is 5. The van der Waals surface area contributed by atoms with Gasteiger partial charge in [-0.25, -0.2) is 4.98 Å². The average molecular weight is 342 g/mol. The van der Waals surface area contributed by atoms with Gasteiger partial charge >= 0.3 is 0 Å². The van der Waals surface area contributed by atoms with E-state index in [2.05, 4.69) is 4.98 Å². The number of carbonyl (C=O) groups is 1. The van der Waals surface area contributed by atoms with E-state index >= 15 is 0 Å². The van der Waals surface area contributed by atoms with E-state index in [1.807, 2.05) is 36.1 Å². The highest BCUT2D eigenvalue weighted by Crippen LogP contribution is 2.35. The number of aromatic nitrogens is 1. The van der Waals surface area contributed by atoms with Gasteiger partial charge in [0.05, 0.1) is 31.6 Å². The Morgan fingerprint density at radius 3 is 3.04 bits per heavy atom. The number of fused-ring (bicyclic) bond motifs is 1. The molecular formula is C19H22N2O4. The fourth-order valence-electron chi connectivity index (χ4n) is 3.80. The third-order valence-corrected chi connectivity index (χ3v) is 5.06. The van der Waals surface area contributed by atoms with Gasteiger partial charge in [-0.05, 0) is 37.8 Å². The molecule has 132 valence electrons. The van der Waals surface area contributed by atoms with Gasteiger partial charge in [0, 0.05) is 24.4 Å². The smallest absolute Gasteiger partial charge is 0.290 e. The van der Waals surface area contributed by atoms with Crippen molar-refractivity contribution in [1.29, 1.82) is 0 Å². The summed E-state index contributed by atoms with van der Waals surface area (Å²) >= 11 is 0. The summed E-state index contributed by atoms with van der Waals surface area (Å²) in [6.07, 6.45) is 5.14. The van der Waals surface area contributed by atoms with E-state index in [1.54, 1.807) is 12.5 Å². The van der Waals surface area contributed by atoms with Crippen molar-refractivity contribution in [3.8, 4) is 5.88 Å². The second kappa shape index (κ2) is 6.88. The maximum atomic E-state index is 12.8. The lowest BCUT2D eigenvalue weighted by Crippen LogP contribution is -2.51.